The van der Waals surface area contributed by atoms with E-state index in [1.807, 2.05) is 42.6 Å². The zero-order valence-electron chi connectivity index (χ0n) is 22.6. The van der Waals surface area contributed by atoms with Crippen LogP contribution in [-0.4, -0.2) is 41.0 Å². The average Bonchev–Trinajstić information content (AvgIpc) is 3.14. The van der Waals surface area contributed by atoms with E-state index in [2.05, 4.69) is 59.6 Å². The summed E-state index contributed by atoms with van der Waals surface area (Å²) in [5.41, 5.74) is 7.77. The lowest BCUT2D eigenvalue weighted by atomic mass is 9.68. The zero-order chi connectivity index (χ0) is 26.2. The smallest absolute Gasteiger partial charge is 0.408 e. The van der Waals surface area contributed by atoms with E-state index in [9.17, 15) is 9.90 Å². The number of nitrogen functional groups attached to an aromatic ring is 1. The Morgan fingerprint density at radius 1 is 1.20 bits per heavy atom. The molecule has 192 valence electrons. The number of amides is 1. The first-order valence-corrected chi connectivity index (χ1v) is 15.4. The van der Waals surface area contributed by atoms with Gasteiger partial charge in [0.1, 0.15) is 0 Å². The highest BCUT2D eigenvalue weighted by Crippen LogP contribution is 2.52. The van der Waals surface area contributed by atoms with E-state index in [0.29, 0.717) is 12.1 Å². The molecule has 3 rings (SSSR count). The van der Waals surface area contributed by atoms with Gasteiger partial charge in [0.2, 0.25) is 0 Å². The van der Waals surface area contributed by atoms with Crippen molar-refractivity contribution in [2.24, 2.45) is 5.41 Å². The van der Waals surface area contributed by atoms with Gasteiger partial charge in [-0.05, 0) is 72.1 Å². The number of carboxylic acid groups (broad SMARTS) is 1. The summed E-state index contributed by atoms with van der Waals surface area (Å²) in [6.07, 6.45) is 4.41. The highest BCUT2D eigenvalue weighted by molar-refractivity contribution is 6.74. The van der Waals surface area contributed by atoms with E-state index in [1.54, 1.807) is 11.1 Å². The van der Waals surface area contributed by atoms with Gasteiger partial charge >= 0.3 is 6.09 Å². The van der Waals surface area contributed by atoms with Crippen LogP contribution < -0.4 is 5.73 Å². The van der Waals surface area contributed by atoms with Crippen LogP contribution >= 0.6 is 0 Å². The molecule has 1 aliphatic heterocycles. The van der Waals surface area contributed by atoms with Gasteiger partial charge in [-0.3, -0.25) is 9.88 Å². The molecule has 0 bridgehead atoms. The third kappa shape index (κ3) is 5.41. The van der Waals surface area contributed by atoms with Crippen molar-refractivity contribution < 1.29 is 14.3 Å². The summed E-state index contributed by atoms with van der Waals surface area (Å²) >= 11 is 0. The number of likely N-dealkylation sites (tertiary alicyclic amines) is 1. The van der Waals surface area contributed by atoms with Crippen LogP contribution in [-0.2, 0) is 10.8 Å². The number of nitrogens with two attached hydrogens (primary N) is 1. The Hall–Kier alpha value is -2.38. The summed E-state index contributed by atoms with van der Waals surface area (Å²) in [5, 5.41) is 10.7. The molecule has 1 fully saturated rings. The standard InChI is InChI=1S/C28H43N3O3Si/c1-26(2,3)28(18-20-11-13-22(29)14-12-20)16-15-23(31(28)25(32)33)24(21-10-9-17-30-19-21)34-35(7,8)27(4,5)6/h9-14,17,19,23-24H,15-16,18,29H2,1-8H3,(H,32,33)/t23-,24-,28+/m1/s1. The molecular weight excluding hydrogens is 454 g/mol. The lowest BCUT2D eigenvalue weighted by Crippen LogP contribution is -2.60. The van der Waals surface area contributed by atoms with Gasteiger partial charge < -0.3 is 15.3 Å². The van der Waals surface area contributed by atoms with Crippen molar-refractivity contribution >= 4 is 20.1 Å². The second-order valence-corrected chi connectivity index (χ2v) is 17.3. The SMILES string of the molecule is CC(C)(C)[C@@]1(Cc2ccc(N)cc2)CC[C@H]([C@H](O[Si](C)(C)C(C)(C)C)c2cccnc2)N1C(=O)O. The second kappa shape index (κ2) is 9.58. The lowest BCUT2D eigenvalue weighted by Gasteiger charge is -2.50. The highest BCUT2D eigenvalue weighted by atomic mass is 28.4. The molecule has 1 aliphatic rings. The summed E-state index contributed by atoms with van der Waals surface area (Å²) in [7, 11) is -2.22. The number of nitrogens with zero attached hydrogens (tertiary/aromatic N) is 2. The molecular formula is C28H43N3O3Si. The van der Waals surface area contributed by atoms with Crippen LogP contribution in [0.25, 0.3) is 0 Å². The molecule has 1 aromatic heterocycles. The van der Waals surface area contributed by atoms with Crippen LogP contribution in [0, 0.1) is 5.41 Å². The average molecular weight is 498 g/mol. The minimum atomic E-state index is -2.22. The molecule has 0 radical (unpaired) electrons. The molecule has 35 heavy (non-hydrogen) atoms. The fourth-order valence-electron chi connectivity index (χ4n) is 5.12. The summed E-state index contributed by atoms with van der Waals surface area (Å²) in [4.78, 5) is 19.2. The molecule has 0 unspecified atom stereocenters. The van der Waals surface area contributed by atoms with Crippen molar-refractivity contribution in [3.8, 4) is 0 Å². The zero-order valence-corrected chi connectivity index (χ0v) is 23.6. The number of hydrogen-bond acceptors (Lipinski definition) is 4. The Bertz CT molecular complexity index is 1010. The number of carbonyl (C=O) groups is 1. The summed E-state index contributed by atoms with van der Waals surface area (Å²) in [6.45, 7) is 17.5. The molecule has 1 saturated heterocycles. The maximum absolute atomic E-state index is 13.1. The van der Waals surface area contributed by atoms with Crippen LogP contribution in [0.1, 0.15) is 71.6 Å². The van der Waals surface area contributed by atoms with Gasteiger partial charge in [-0.15, -0.1) is 0 Å². The quantitative estimate of drug-likeness (QED) is 0.335. The van der Waals surface area contributed by atoms with E-state index in [-0.39, 0.29) is 22.6 Å². The van der Waals surface area contributed by atoms with Gasteiger partial charge in [-0.1, -0.05) is 59.7 Å². The van der Waals surface area contributed by atoms with E-state index in [4.69, 9.17) is 10.2 Å². The minimum Gasteiger partial charge on any atom is -0.465 e. The van der Waals surface area contributed by atoms with Gasteiger partial charge in [-0.2, -0.15) is 0 Å². The van der Waals surface area contributed by atoms with Crippen molar-refractivity contribution in [2.45, 2.75) is 96.6 Å². The van der Waals surface area contributed by atoms with Crippen LogP contribution in [0.15, 0.2) is 48.8 Å². The minimum absolute atomic E-state index is 0.00873. The molecule has 0 spiro atoms. The predicted molar refractivity (Wildman–Crippen MR) is 145 cm³/mol. The first-order valence-electron chi connectivity index (χ1n) is 12.5. The second-order valence-electron chi connectivity index (χ2n) is 12.5. The third-order valence-corrected chi connectivity index (χ3v) is 12.8. The molecule has 2 aromatic rings. The Morgan fingerprint density at radius 3 is 2.31 bits per heavy atom. The highest BCUT2D eigenvalue weighted by Gasteiger charge is 2.58. The Morgan fingerprint density at radius 2 is 1.83 bits per heavy atom. The maximum Gasteiger partial charge on any atom is 0.408 e. The fourth-order valence-corrected chi connectivity index (χ4v) is 6.40. The van der Waals surface area contributed by atoms with Gasteiger partial charge in [-0.25, -0.2) is 4.79 Å². The monoisotopic (exact) mass is 497 g/mol. The molecule has 7 heteroatoms. The van der Waals surface area contributed by atoms with Crippen molar-refractivity contribution in [1.29, 1.82) is 0 Å². The van der Waals surface area contributed by atoms with Crippen molar-refractivity contribution in [1.82, 2.24) is 9.88 Å². The van der Waals surface area contributed by atoms with E-state index in [0.717, 1.165) is 24.0 Å². The number of anilines is 1. The topological polar surface area (TPSA) is 88.7 Å². The van der Waals surface area contributed by atoms with Crippen LogP contribution in [0.4, 0.5) is 10.5 Å². The first-order chi connectivity index (χ1) is 16.1. The van der Waals surface area contributed by atoms with Crippen molar-refractivity contribution in [3.05, 3.63) is 59.9 Å². The van der Waals surface area contributed by atoms with Crippen LogP contribution in [0.5, 0.6) is 0 Å². The Kier molecular flexibility index (Phi) is 7.45. The summed E-state index contributed by atoms with van der Waals surface area (Å²) in [5.74, 6) is 0. The molecule has 2 heterocycles. The maximum atomic E-state index is 13.1. The van der Waals surface area contributed by atoms with Gasteiger partial charge in [0.25, 0.3) is 0 Å². The van der Waals surface area contributed by atoms with Gasteiger partial charge in [0, 0.05) is 18.1 Å². The third-order valence-electron chi connectivity index (χ3n) is 8.32. The number of pyridine rings is 1. The molecule has 0 aliphatic carbocycles. The molecule has 3 N–H and O–H groups in total. The van der Waals surface area contributed by atoms with Gasteiger partial charge in [0.05, 0.1) is 17.7 Å². The van der Waals surface area contributed by atoms with Crippen LogP contribution in [0.2, 0.25) is 18.1 Å². The van der Waals surface area contributed by atoms with Gasteiger partial charge in [0.15, 0.2) is 8.32 Å². The van der Waals surface area contributed by atoms with E-state index in [1.165, 1.54) is 0 Å². The number of rotatable bonds is 6. The fraction of sp³-hybridized carbons (Fsp3) is 0.571. The largest absolute Gasteiger partial charge is 0.465 e. The van der Waals surface area contributed by atoms with Crippen LogP contribution in [0.3, 0.4) is 0 Å². The molecule has 1 aromatic carbocycles. The first kappa shape index (κ1) is 27.2. The van der Waals surface area contributed by atoms with E-state index < -0.39 is 19.9 Å². The number of aromatic nitrogens is 1. The molecule has 3 atom stereocenters. The Labute approximate surface area is 212 Å². The molecule has 1 amide bonds. The summed E-state index contributed by atoms with van der Waals surface area (Å²) < 4.78 is 7.00. The Balaban J connectivity index is 2.12. The van der Waals surface area contributed by atoms with Crippen molar-refractivity contribution in [3.63, 3.8) is 0 Å². The summed E-state index contributed by atoms with van der Waals surface area (Å²) in [6, 6.07) is 11.4. The normalized spacial score (nSPS) is 22.3. The predicted octanol–water partition coefficient (Wildman–Crippen LogP) is 6.90. The van der Waals surface area contributed by atoms with E-state index >= 15 is 0 Å². The number of hydrogen-bond donors (Lipinski definition) is 2. The molecule has 0 saturated carbocycles. The molecule has 6 nitrogen and oxygen atoms in total. The van der Waals surface area contributed by atoms with Crippen molar-refractivity contribution in [2.75, 3.05) is 5.73 Å². The lowest BCUT2D eigenvalue weighted by molar-refractivity contribution is -0.0148. The number of benzene rings is 1.